The number of fused-ring (bicyclic) bond motifs is 1. The van der Waals surface area contributed by atoms with E-state index in [4.69, 9.17) is 9.47 Å². The Morgan fingerprint density at radius 2 is 2.12 bits per heavy atom. The molecule has 0 saturated carbocycles. The SMILES string of the molecule is COc1ccc(CC(C)CNC(=O)c2n[nH]c3c2CNCC3)cc1OC. The topological polar surface area (TPSA) is 88.3 Å². The Morgan fingerprint density at radius 1 is 1.31 bits per heavy atom. The van der Waals surface area contributed by atoms with Gasteiger partial charge in [-0.2, -0.15) is 5.10 Å². The van der Waals surface area contributed by atoms with E-state index in [0.29, 0.717) is 24.5 Å². The molecular weight excluding hydrogens is 332 g/mol. The van der Waals surface area contributed by atoms with Gasteiger partial charge in [0.2, 0.25) is 0 Å². The summed E-state index contributed by atoms with van der Waals surface area (Å²) in [5.74, 6) is 1.60. The predicted octanol–water partition coefficient (Wildman–Crippen LogP) is 1.68. The molecule has 0 spiro atoms. The number of rotatable bonds is 7. The summed E-state index contributed by atoms with van der Waals surface area (Å²) in [4.78, 5) is 12.5. The largest absolute Gasteiger partial charge is 0.493 e. The van der Waals surface area contributed by atoms with E-state index >= 15 is 0 Å². The zero-order valence-electron chi connectivity index (χ0n) is 15.5. The van der Waals surface area contributed by atoms with Gasteiger partial charge in [-0.15, -0.1) is 0 Å². The van der Waals surface area contributed by atoms with E-state index in [2.05, 4.69) is 27.8 Å². The van der Waals surface area contributed by atoms with Crippen molar-refractivity contribution in [3.05, 3.63) is 40.7 Å². The summed E-state index contributed by atoms with van der Waals surface area (Å²) in [5.41, 5.74) is 3.70. The van der Waals surface area contributed by atoms with Crippen LogP contribution in [0.5, 0.6) is 11.5 Å². The van der Waals surface area contributed by atoms with E-state index in [0.717, 1.165) is 42.0 Å². The molecule has 0 radical (unpaired) electrons. The number of carbonyl (C=O) groups is 1. The molecule has 0 saturated heterocycles. The third-order valence-corrected chi connectivity index (χ3v) is 4.66. The smallest absolute Gasteiger partial charge is 0.272 e. The van der Waals surface area contributed by atoms with Crippen LogP contribution < -0.4 is 20.1 Å². The van der Waals surface area contributed by atoms with Gasteiger partial charge in [0.25, 0.3) is 5.91 Å². The molecule has 0 aliphatic carbocycles. The number of nitrogens with one attached hydrogen (secondary N) is 3. The molecule has 1 unspecified atom stereocenters. The van der Waals surface area contributed by atoms with Crippen molar-refractivity contribution < 1.29 is 14.3 Å². The molecule has 3 rings (SSSR count). The molecule has 2 aromatic rings. The van der Waals surface area contributed by atoms with Crippen molar-refractivity contribution in [2.24, 2.45) is 5.92 Å². The van der Waals surface area contributed by atoms with Gasteiger partial charge in [-0.05, 0) is 30.0 Å². The van der Waals surface area contributed by atoms with Gasteiger partial charge >= 0.3 is 0 Å². The van der Waals surface area contributed by atoms with E-state index in [9.17, 15) is 4.79 Å². The van der Waals surface area contributed by atoms with E-state index in [-0.39, 0.29) is 11.8 Å². The van der Waals surface area contributed by atoms with Gasteiger partial charge in [0, 0.05) is 37.3 Å². The highest BCUT2D eigenvalue weighted by atomic mass is 16.5. The van der Waals surface area contributed by atoms with Crippen molar-refractivity contribution in [3.63, 3.8) is 0 Å². The summed E-state index contributed by atoms with van der Waals surface area (Å²) in [7, 11) is 3.25. The number of carbonyl (C=O) groups excluding carboxylic acids is 1. The number of aromatic amines is 1. The van der Waals surface area contributed by atoms with Gasteiger partial charge in [0.1, 0.15) is 0 Å². The van der Waals surface area contributed by atoms with Crippen LogP contribution >= 0.6 is 0 Å². The van der Waals surface area contributed by atoms with Crippen LogP contribution in [-0.2, 0) is 19.4 Å². The van der Waals surface area contributed by atoms with Gasteiger partial charge in [-0.1, -0.05) is 13.0 Å². The number of aromatic nitrogens is 2. The Hall–Kier alpha value is -2.54. The highest BCUT2D eigenvalue weighted by molar-refractivity contribution is 5.94. The van der Waals surface area contributed by atoms with Crippen LogP contribution in [-0.4, -0.2) is 43.4 Å². The molecule has 7 heteroatoms. The fraction of sp³-hybridized carbons (Fsp3) is 0.474. The minimum atomic E-state index is -0.120. The maximum atomic E-state index is 12.5. The number of hydrogen-bond acceptors (Lipinski definition) is 5. The van der Waals surface area contributed by atoms with Crippen LogP contribution in [0.3, 0.4) is 0 Å². The number of H-pyrrole nitrogens is 1. The number of benzene rings is 1. The lowest BCUT2D eigenvalue weighted by atomic mass is 10.0. The van der Waals surface area contributed by atoms with Crippen LogP contribution in [0.2, 0.25) is 0 Å². The maximum absolute atomic E-state index is 12.5. The van der Waals surface area contributed by atoms with Crippen molar-refractivity contribution in [3.8, 4) is 11.5 Å². The number of amides is 1. The summed E-state index contributed by atoms with van der Waals surface area (Å²) < 4.78 is 10.6. The zero-order chi connectivity index (χ0) is 18.5. The standard InChI is InChI=1S/C19H26N4O3/c1-12(8-13-4-5-16(25-2)17(9-13)26-3)10-21-19(24)18-14-11-20-7-6-15(14)22-23-18/h4-5,9,12,20H,6-8,10-11H2,1-3H3,(H,21,24)(H,22,23). The lowest BCUT2D eigenvalue weighted by Gasteiger charge is -2.15. The first-order chi connectivity index (χ1) is 12.6. The fourth-order valence-electron chi connectivity index (χ4n) is 3.25. The molecule has 1 aliphatic rings. The van der Waals surface area contributed by atoms with Crippen LogP contribution in [0.4, 0.5) is 0 Å². The molecule has 140 valence electrons. The second kappa shape index (κ2) is 8.23. The Bertz CT molecular complexity index is 772. The molecule has 1 aliphatic heterocycles. The van der Waals surface area contributed by atoms with E-state index in [1.54, 1.807) is 14.2 Å². The Kier molecular flexibility index (Phi) is 5.78. The molecule has 26 heavy (non-hydrogen) atoms. The molecular formula is C19H26N4O3. The van der Waals surface area contributed by atoms with Crippen molar-refractivity contribution in [2.45, 2.75) is 26.3 Å². The summed E-state index contributed by atoms with van der Waals surface area (Å²) in [6.45, 7) is 4.30. The van der Waals surface area contributed by atoms with Gasteiger partial charge < -0.3 is 20.1 Å². The first-order valence-corrected chi connectivity index (χ1v) is 8.88. The lowest BCUT2D eigenvalue weighted by Crippen LogP contribution is -2.31. The van der Waals surface area contributed by atoms with Crippen LogP contribution in [0.1, 0.15) is 34.2 Å². The van der Waals surface area contributed by atoms with Crippen molar-refractivity contribution in [1.29, 1.82) is 0 Å². The van der Waals surface area contributed by atoms with Gasteiger partial charge in [-0.25, -0.2) is 0 Å². The highest BCUT2D eigenvalue weighted by Crippen LogP contribution is 2.28. The third kappa shape index (κ3) is 3.99. The summed E-state index contributed by atoms with van der Waals surface area (Å²) in [6, 6.07) is 5.91. The molecule has 0 fully saturated rings. The van der Waals surface area contributed by atoms with Crippen LogP contribution in [0, 0.1) is 5.92 Å². The van der Waals surface area contributed by atoms with Crippen molar-refractivity contribution >= 4 is 5.91 Å². The van der Waals surface area contributed by atoms with Gasteiger partial charge in [0.15, 0.2) is 17.2 Å². The third-order valence-electron chi connectivity index (χ3n) is 4.66. The molecule has 0 bridgehead atoms. The van der Waals surface area contributed by atoms with E-state index < -0.39 is 0 Å². The molecule has 3 N–H and O–H groups in total. The van der Waals surface area contributed by atoms with Crippen LogP contribution in [0.25, 0.3) is 0 Å². The number of hydrogen-bond donors (Lipinski definition) is 3. The quantitative estimate of drug-likeness (QED) is 0.701. The molecule has 1 amide bonds. The lowest BCUT2D eigenvalue weighted by molar-refractivity contribution is 0.0942. The second-order valence-corrected chi connectivity index (χ2v) is 6.66. The monoisotopic (exact) mass is 358 g/mol. The average molecular weight is 358 g/mol. The Labute approximate surface area is 153 Å². The van der Waals surface area contributed by atoms with Gasteiger partial charge in [-0.3, -0.25) is 9.89 Å². The fourth-order valence-corrected chi connectivity index (χ4v) is 3.25. The molecule has 1 aromatic carbocycles. The maximum Gasteiger partial charge on any atom is 0.272 e. The first kappa shape index (κ1) is 18.3. The Morgan fingerprint density at radius 3 is 2.88 bits per heavy atom. The Balaban J connectivity index is 1.56. The van der Waals surface area contributed by atoms with Crippen LogP contribution in [0.15, 0.2) is 18.2 Å². The van der Waals surface area contributed by atoms with Crippen molar-refractivity contribution in [1.82, 2.24) is 20.8 Å². The second-order valence-electron chi connectivity index (χ2n) is 6.66. The summed E-state index contributed by atoms with van der Waals surface area (Å²) in [6.07, 6.45) is 1.71. The molecule has 7 nitrogen and oxygen atoms in total. The van der Waals surface area contributed by atoms with E-state index in [1.165, 1.54) is 0 Å². The zero-order valence-corrected chi connectivity index (χ0v) is 15.5. The first-order valence-electron chi connectivity index (χ1n) is 8.88. The highest BCUT2D eigenvalue weighted by Gasteiger charge is 2.21. The number of nitrogens with zero attached hydrogens (tertiary/aromatic N) is 1. The molecule has 2 heterocycles. The minimum absolute atomic E-state index is 0.120. The summed E-state index contributed by atoms with van der Waals surface area (Å²) in [5, 5.41) is 13.5. The average Bonchev–Trinajstić information content (AvgIpc) is 3.10. The van der Waals surface area contributed by atoms with E-state index in [1.807, 2.05) is 18.2 Å². The number of ether oxygens (including phenoxy) is 2. The van der Waals surface area contributed by atoms with Crippen molar-refractivity contribution in [2.75, 3.05) is 27.3 Å². The minimum Gasteiger partial charge on any atom is -0.493 e. The van der Waals surface area contributed by atoms with Gasteiger partial charge in [0.05, 0.1) is 14.2 Å². The molecule has 1 atom stereocenters. The summed E-state index contributed by atoms with van der Waals surface area (Å²) >= 11 is 0. The molecule has 1 aromatic heterocycles. The normalized spacial score (nSPS) is 14.4. The predicted molar refractivity (Wildman–Crippen MR) is 98.7 cm³/mol. The number of methoxy groups -OCH3 is 2.